The van der Waals surface area contributed by atoms with Gasteiger partial charge >= 0.3 is 80.9 Å². The van der Waals surface area contributed by atoms with Crippen LogP contribution in [0.2, 0.25) is 0 Å². The number of nitrogens with zero attached hydrogens (tertiary/aromatic N) is 6. The van der Waals surface area contributed by atoms with E-state index < -0.39 is 75.2 Å². The monoisotopic (exact) mass is 518 g/mol. The number of nitro benzene ring substituents is 6. The van der Waals surface area contributed by atoms with E-state index in [1.807, 2.05) is 0 Å². The standard InChI is InChI=1S/2C6H3N3O7.K.Na/c2*10-6-4(8(13)14)1-3(7(11)12)2-5(6)9(15)16;;/h2*1-2,10H;;/q;;2*+1/p-2. The smallest absolute Gasteiger partial charge is 0.863 e. The van der Waals surface area contributed by atoms with Gasteiger partial charge in [0.05, 0.1) is 65.3 Å². The Morgan fingerprint density at radius 3 is 0.735 bits per heavy atom. The van der Waals surface area contributed by atoms with Crippen LogP contribution in [0.1, 0.15) is 0 Å². The first-order valence-corrected chi connectivity index (χ1v) is 7.25. The summed E-state index contributed by atoms with van der Waals surface area (Å²) >= 11 is 0. The maximum atomic E-state index is 11.1. The number of hydrogen-bond donors (Lipinski definition) is 0. The predicted octanol–water partition coefficient (Wildman–Crippen LogP) is -5.02. The topological polar surface area (TPSA) is 305 Å². The summed E-state index contributed by atoms with van der Waals surface area (Å²) in [5.41, 5.74) is -6.53. The quantitative estimate of drug-likeness (QED) is 0.196. The van der Waals surface area contributed by atoms with Gasteiger partial charge in [-0.05, 0) is 0 Å². The van der Waals surface area contributed by atoms with E-state index in [2.05, 4.69) is 0 Å². The minimum atomic E-state index is -1.46. The molecule has 0 N–H and O–H groups in total. The molecule has 168 valence electrons. The fourth-order valence-corrected chi connectivity index (χ4v) is 1.92. The van der Waals surface area contributed by atoms with Crippen LogP contribution in [0.4, 0.5) is 34.1 Å². The minimum Gasteiger partial charge on any atom is -0.863 e. The van der Waals surface area contributed by atoms with Crippen LogP contribution >= 0.6 is 0 Å². The molecular formula is C12H4KN6NaO14. The molecule has 0 saturated carbocycles. The molecule has 0 saturated heterocycles. The molecule has 0 radical (unpaired) electrons. The molecule has 0 amide bonds. The van der Waals surface area contributed by atoms with Gasteiger partial charge in [0.25, 0.3) is 34.1 Å². The molecule has 0 atom stereocenters. The molecule has 2 rings (SSSR count). The van der Waals surface area contributed by atoms with E-state index in [-0.39, 0.29) is 80.9 Å². The Morgan fingerprint density at radius 2 is 0.618 bits per heavy atom. The zero-order valence-corrected chi connectivity index (χ0v) is 21.8. The Hall–Kier alpha value is -2.92. The maximum Gasteiger partial charge on any atom is 1.00 e. The zero-order chi connectivity index (χ0) is 24.9. The minimum absolute atomic E-state index is 0. The van der Waals surface area contributed by atoms with Gasteiger partial charge in [-0.2, -0.15) is 0 Å². The maximum absolute atomic E-state index is 11.1. The number of nitro groups is 6. The van der Waals surface area contributed by atoms with E-state index in [0.29, 0.717) is 24.3 Å². The van der Waals surface area contributed by atoms with Gasteiger partial charge in [0.15, 0.2) is 0 Å². The van der Waals surface area contributed by atoms with Crippen molar-refractivity contribution >= 4 is 34.1 Å². The summed E-state index contributed by atoms with van der Waals surface area (Å²) in [5, 5.41) is 84.2. The van der Waals surface area contributed by atoms with Crippen LogP contribution in [0.25, 0.3) is 0 Å². The fraction of sp³-hybridized carbons (Fsp3) is 0. The van der Waals surface area contributed by atoms with Crippen LogP contribution in [-0.4, -0.2) is 29.5 Å². The SMILES string of the molecule is O=[N+]([O-])c1cc([N+](=O)[O-])c([O-])c([N+](=O)[O-])c1.O=[N+]([O-])c1cc([N+](=O)[O-])c([O-])c([N+](=O)[O-])c1.[K+].[Na+]. The molecule has 34 heavy (non-hydrogen) atoms. The third-order valence-corrected chi connectivity index (χ3v) is 3.28. The van der Waals surface area contributed by atoms with Crippen LogP contribution in [0.15, 0.2) is 24.3 Å². The molecule has 2 aromatic rings. The van der Waals surface area contributed by atoms with Crippen molar-refractivity contribution in [2.24, 2.45) is 0 Å². The Bertz CT molecular complexity index is 1030. The molecule has 0 unspecified atom stereocenters. The third-order valence-electron chi connectivity index (χ3n) is 3.28. The molecule has 0 fully saturated rings. The first kappa shape index (κ1) is 33.3. The number of non-ortho nitro benzene ring substituents is 2. The molecule has 0 aliphatic heterocycles. The van der Waals surface area contributed by atoms with E-state index in [9.17, 15) is 70.9 Å². The summed E-state index contributed by atoms with van der Waals surface area (Å²) in [5.74, 6) is -2.92. The third kappa shape index (κ3) is 8.14. The number of rotatable bonds is 6. The molecule has 0 bridgehead atoms. The summed E-state index contributed by atoms with van der Waals surface area (Å²) in [4.78, 5) is 55.0. The zero-order valence-electron chi connectivity index (χ0n) is 16.7. The molecular weight excluding hydrogens is 514 g/mol. The van der Waals surface area contributed by atoms with E-state index in [1.54, 1.807) is 0 Å². The summed E-state index contributed by atoms with van der Waals surface area (Å²) in [7, 11) is 0. The van der Waals surface area contributed by atoms with Crippen LogP contribution in [-0.2, 0) is 0 Å². The van der Waals surface area contributed by atoms with Crippen molar-refractivity contribution in [2.75, 3.05) is 0 Å². The molecule has 0 aromatic heterocycles. The van der Waals surface area contributed by atoms with Gasteiger partial charge in [0.2, 0.25) is 0 Å². The second kappa shape index (κ2) is 13.7. The van der Waals surface area contributed by atoms with Gasteiger partial charge in [0.1, 0.15) is 0 Å². The number of benzene rings is 2. The van der Waals surface area contributed by atoms with Gasteiger partial charge in [-0.1, -0.05) is 0 Å². The molecule has 0 spiro atoms. The average molecular weight is 518 g/mol. The largest absolute Gasteiger partial charge is 1.00 e. The summed E-state index contributed by atoms with van der Waals surface area (Å²) in [6, 6.07) is 1.54. The summed E-state index contributed by atoms with van der Waals surface area (Å²) in [6.07, 6.45) is 0. The molecule has 20 nitrogen and oxygen atoms in total. The Balaban J connectivity index is 0. The van der Waals surface area contributed by atoms with Crippen LogP contribution in [0.3, 0.4) is 0 Å². The van der Waals surface area contributed by atoms with E-state index in [1.165, 1.54) is 0 Å². The number of hydrogen-bond acceptors (Lipinski definition) is 14. The molecule has 0 aliphatic rings. The molecule has 22 heteroatoms. The molecule has 0 aliphatic carbocycles. The predicted molar refractivity (Wildman–Crippen MR) is 91.7 cm³/mol. The Morgan fingerprint density at radius 1 is 0.441 bits per heavy atom. The van der Waals surface area contributed by atoms with Crippen molar-refractivity contribution in [3.63, 3.8) is 0 Å². The van der Waals surface area contributed by atoms with E-state index >= 15 is 0 Å². The van der Waals surface area contributed by atoms with Crippen LogP contribution in [0.5, 0.6) is 11.5 Å². The van der Waals surface area contributed by atoms with Crippen molar-refractivity contribution in [2.45, 2.75) is 0 Å². The van der Waals surface area contributed by atoms with Crippen molar-refractivity contribution in [3.8, 4) is 11.5 Å². The second-order valence-corrected chi connectivity index (χ2v) is 5.17. The van der Waals surface area contributed by atoms with Crippen LogP contribution < -0.4 is 91.2 Å². The van der Waals surface area contributed by atoms with Crippen LogP contribution in [0, 0.1) is 60.7 Å². The fourth-order valence-electron chi connectivity index (χ4n) is 1.92. The molecule has 2 aromatic carbocycles. The molecule has 0 heterocycles. The van der Waals surface area contributed by atoms with E-state index in [4.69, 9.17) is 0 Å². The van der Waals surface area contributed by atoms with Crippen molar-refractivity contribution < 1.29 is 121 Å². The Labute approximate surface area is 248 Å². The van der Waals surface area contributed by atoms with Crippen molar-refractivity contribution in [1.82, 2.24) is 0 Å². The van der Waals surface area contributed by atoms with Gasteiger partial charge in [-0.25, -0.2) is 0 Å². The first-order chi connectivity index (χ1) is 14.7. The average Bonchev–Trinajstić information content (AvgIpc) is 2.67. The summed E-state index contributed by atoms with van der Waals surface area (Å²) < 4.78 is 0. The van der Waals surface area contributed by atoms with E-state index in [0.717, 1.165) is 0 Å². The van der Waals surface area contributed by atoms with Gasteiger partial charge in [-0.3, -0.25) is 60.7 Å². The van der Waals surface area contributed by atoms with Crippen molar-refractivity contribution in [1.29, 1.82) is 0 Å². The van der Waals surface area contributed by atoms with Gasteiger partial charge < -0.3 is 10.2 Å². The Kier molecular flexibility index (Phi) is 13.4. The summed E-state index contributed by atoms with van der Waals surface area (Å²) in [6.45, 7) is 0. The van der Waals surface area contributed by atoms with Crippen molar-refractivity contribution in [3.05, 3.63) is 85.0 Å². The first-order valence-electron chi connectivity index (χ1n) is 7.25. The second-order valence-electron chi connectivity index (χ2n) is 5.17. The van der Waals surface area contributed by atoms with Gasteiger partial charge in [0, 0.05) is 0 Å². The van der Waals surface area contributed by atoms with Gasteiger partial charge in [-0.15, -0.1) is 0 Å². The normalized spacial score (nSPS) is 9.18.